The third-order valence-electron chi connectivity index (χ3n) is 3.10. The minimum Gasteiger partial charge on any atom is -0.366 e. The molecule has 1 aromatic carbocycles. The van der Waals surface area contributed by atoms with Gasteiger partial charge in [0.15, 0.2) is 0 Å². The standard InChI is InChI=1S/C15H18N2OS/c1-10-3-5-12(6-4-10)11(2)17-8-14-7-13(9-19-14)15(16)18/h3-7,9,11,17H,8H2,1-2H3,(H2,16,18)/t11-/m1/s1. The van der Waals surface area contributed by atoms with Crippen molar-refractivity contribution in [3.05, 3.63) is 57.3 Å². The number of aryl methyl sites for hydroxylation is 1. The van der Waals surface area contributed by atoms with Crippen molar-refractivity contribution in [2.45, 2.75) is 26.4 Å². The van der Waals surface area contributed by atoms with Crippen LogP contribution in [0.1, 0.15) is 39.3 Å². The molecule has 1 aromatic heterocycles. The molecule has 1 atom stereocenters. The predicted octanol–water partition coefficient (Wildman–Crippen LogP) is 3.01. The van der Waals surface area contributed by atoms with Crippen LogP contribution in [0.4, 0.5) is 0 Å². The number of hydrogen-bond acceptors (Lipinski definition) is 3. The molecule has 0 unspecified atom stereocenters. The Balaban J connectivity index is 1.94. The lowest BCUT2D eigenvalue weighted by molar-refractivity contribution is 0.100. The van der Waals surface area contributed by atoms with Crippen molar-refractivity contribution in [3.8, 4) is 0 Å². The summed E-state index contributed by atoms with van der Waals surface area (Å²) in [4.78, 5) is 12.1. The van der Waals surface area contributed by atoms with Crippen LogP contribution in [0.2, 0.25) is 0 Å². The van der Waals surface area contributed by atoms with E-state index in [9.17, 15) is 4.79 Å². The first-order chi connectivity index (χ1) is 9.06. The molecule has 0 aliphatic heterocycles. The lowest BCUT2D eigenvalue weighted by atomic mass is 10.1. The van der Waals surface area contributed by atoms with Crippen LogP contribution < -0.4 is 11.1 Å². The summed E-state index contributed by atoms with van der Waals surface area (Å²) < 4.78 is 0. The van der Waals surface area contributed by atoms with Crippen LogP contribution in [-0.2, 0) is 6.54 Å². The highest BCUT2D eigenvalue weighted by molar-refractivity contribution is 7.10. The molecule has 4 heteroatoms. The fraction of sp³-hybridized carbons (Fsp3) is 0.267. The van der Waals surface area contributed by atoms with Gasteiger partial charge in [0.1, 0.15) is 0 Å². The number of rotatable bonds is 5. The van der Waals surface area contributed by atoms with Gasteiger partial charge in [0.25, 0.3) is 0 Å². The number of carbonyl (C=O) groups excluding carboxylic acids is 1. The molecule has 0 radical (unpaired) electrons. The molecule has 3 nitrogen and oxygen atoms in total. The molecule has 100 valence electrons. The Morgan fingerprint density at radius 3 is 2.63 bits per heavy atom. The third kappa shape index (κ3) is 3.66. The molecule has 0 fully saturated rings. The number of carbonyl (C=O) groups is 1. The van der Waals surface area contributed by atoms with E-state index in [0.29, 0.717) is 5.56 Å². The van der Waals surface area contributed by atoms with Crippen molar-refractivity contribution in [1.29, 1.82) is 0 Å². The molecule has 1 amide bonds. The summed E-state index contributed by atoms with van der Waals surface area (Å²) in [7, 11) is 0. The van der Waals surface area contributed by atoms with Gasteiger partial charge < -0.3 is 11.1 Å². The highest BCUT2D eigenvalue weighted by atomic mass is 32.1. The largest absolute Gasteiger partial charge is 0.366 e. The van der Waals surface area contributed by atoms with Gasteiger partial charge in [0.05, 0.1) is 5.56 Å². The quantitative estimate of drug-likeness (QED) is 0.880. The van der Waals surface area contributed by atoms with E-state index in [-0.39, 0.29) is 11.9 Å². The third-order valence-corrected chi connectivity index (χ3v) is 4.03. The summed E-state index contributed by atoms with van der Waals surface area (Å²) in [6.45, 7) is 4.96. The van der Waals surface area contributed by atoms with Crippen LogP contribution in [0.3, 0.4) is 0 Å². The molecule has 0 spiro atoms. The summed E-state index contributed by atoms with van der Waals surface area (Å²) in [5, 5.41) is 5.25. The second kappa shape index (κ2) is 5.99. The van der Waals surface area contributed by atoms with Gasteiger partial charge in [-0.25, -0.2) is 0 Å². The van der Waals surface area contributed by atoms with Gasteiger partial charge in [-0.05, 0) is 25.5 Å². The molecule has 0 aliphatic rings. The average molecular weight is 274 g/mol. The second-order valence-corrected chi connectivity index (χ2v) is 5.67. The monoisotopic (exact) mass is 274 g/mol. The summed E-state index contributed by atoms with van der Waals surface area (Å²) in [5.74, 6) is -0.367. The number of hydrogen-bond donors (Lipinski definition) is 2. The molecule has 3 N–H and O–H groups in total. The Morgan fingerprint density at radius 1 is 1.37 bits per heavy atom. The summed E-state index contributed by atoms with van der Waals surface area (Å²) in [5.41, 5.74) is 8.35. The van der Waals surface area contributed by atoms with Gasteiger partial charge in [0, 0.05) is 22.8 Å². The second-order valence-electron chi connectivity index (χ2n) is 4.68. The molecule has 2 aromatic rings. The molecule has 0 bridgehead atoms. The normalized spacial score (nSPS) is 12.3. The molecule has 0 saturated carbocycles. The summed E-state index contributed by atoms with van der Waals surface area (Å²) >= 11 is 1.55. The molecular formula is C15H18N2OS. The Kier molecular flexibility index (Phi) is 4.35. The van der Waals surface area contributed by atoms with E-state index in [4.69, 9.17) is 5.73 Å². The van der Waals surface area contributed by atoms with Crippen LogP contribution >= 0.6 is 11.3 Å². The number of amides is 1. The Labute approximate surface area is 117 Å². The zero-order valence-corrected chi connectivity index (χ0v) is 12.0. The maximum Gasteiger partial charge on any atom is 0.249 e. The molecule has 2 rings (SSSR count). The van der Waals surface area contributed by atoms with Gasteiger partial charge in [-0.3, -0.25) is 4.79 Å². The van der Waals surface area contributed by atoms with Crippen LogP contribution in [0.15, 0.2) is 35.7 Å². The molecule has 1 heterocycles. The van der Waals surface area contributed by atoms with Gasteiger partial charge >= 0.3 is 0 Å². The van der Waals surface area contributed by atoms with Crippen molar-refractivity contribution >= 4 is 17.2 Å². The molecule has 0 saturated heterocycles. The van der Waals surface area contributed by atoms with Crippen molar-refractivity contribution < 1.29 is 4.79 Å². The number of nitrogens with one attached hydrogen (secondary N) is 1. The predicted molar refractivity (Wildman–Crippen MR) is 79.3 cm³/mol. The van der Waals surface area contributed by atoms with Crippen LogP contribution in [0, 0.1) is 6.92 Å². The van der Waals surface area contributed by atoms with E-state index in [0.717, 1.165) is 11.4 Å². The Morgan fingerprint density at radius 2 is 2.05 bits per heavy atom. The first kappa shape index (κ1) is 13.8. The highest BCUT2D eigenvalue weighted by Gasteiger charge is 2.07. The fourth-order valence-corrected chi connectivity index (χ4v) is 2.65. The molecular weight excluding hydrogens is 256 g/mol. The number of thiophene rings is 1. The fourth-order valence-electron chi connectivity index (χ4n) is 1.83. The number of nitrogens with two attached hydrogens (primary N) is 1. The average Bonchev–Trinajstić information content (AvgIpc) is 2.86. The Hall–Kier alpha value is -1.65. The van der Waals surface area contributed by atoms with E-state index in [1.54, 1.807) is 16.7 Å². The van der Waals surface area contributed by atoms with Gasteiger partial charge in [-0.15, -0.1) is 11.3 Å². The molecule has 0 aliphatic carbocycles. The lowest BCUT2D eigenvalue weighted by Crippen LogP contribution is -2.17. The lowest BCUT2D eigenvalue weighted by Gasteiger charge is -2.13. The van der Waals surface area contributed by atoms with Crippen molar-refractivity contribution in [1.82, 2.24) is 5.32 Å². The first-order valence-corrected chi connectivity index (χ1v) is 7.11. The minimum atomic E-state index is -0.367. The topological polar surface area (TPSA) is 55.1 Å². The maximum atomic E-state index is 11.0. The highest BCUT2D eigenvalue weighted by Crippen LogP contribution is 2.17. The first-order valence-electron chi connectivity index (χ1n) is 6.23. The van der Waals surface area contributed by atoms with Crippen molar-refractivity contribution in [2.24, 2.45) is 5.73 Å². The number of benzene rings is 1. The van der Waals surface area contributed by atoms with Crippen LogP contribution in [-0.4, -0.2) is 5.91 Å². The van der Waals surface area contributed by atoms with Crippen LogP contribution in [0.5, 0.6) is 0 Å². The van der Waals surface area contributed by atoms with E-state index in [1.165, 1.54) is 11.1 Å². The van der Waals surface area contributed by atoms with E-state index in [1.807, 2.05) is 6.07 Å². The van der Waals surface area contributed by atoms with Crippen LogP contribution in [0.25, 0.3) is 0 Å². The van der Waals surface area contributed by atoms with E-state index < -0.39 is 0 Å². The zero-order chi connectivity index (χ0) is 13.8. The summed E-state index contributed by atoms with van der Waals surface area (Å²) in [6, 6.07) is 10.6. The van der Waals surface area contributed by atoms with Gasteiger partial charge in [-0.1, -0.05) is 29.8 Å². The van der Waals surface area contributed by atoms with E-state index in [2.05, 4.69) is 43.4 Å². The zero-order valence-electron chi connectivity index (χ0n) is 11.1. The number of primary amides is 1. The Bertz CT molecular complexity index is 560. The van der Waals surface area contributed by atoms with E-state index >= 15 is 0 Å². The summed E-state index contributed by atoms with van der Waals surface area (Å²) in [6.07, 6.45) is 0. The van der Waals surface area contributed by atoms with Crippen molar-refractivity contribution in [3.63, 3.8) is 0 Å². The molecule has 19 heavy (non-hydrogen) atoms. The maximum absolute atomic E-state index is 11.0. The minimum absolute atomic E-state index is 0.278. The van der Waals surface area contributed by atoms with Gasteiger partial charge in [-0.2, -0.15) is 0 Å². The van der Waals surface area contributed by atoms with Crippen molar-refractivity contribution in [2.75, 3.05) is 0 Å². The smallest absolute Gasteiger partial charge is 0.249 e. The SMILES string of the molecule is Cc1ccc([C@@H](C)NCc2cc(C(N)=O)cs2)cc1. The van der Waals surface area contributed by atoms with Gasteiger partial charge in [0.2, 0.25) is 5.91 Å².